The minimum atomic E-state index is 0.887. The van der Waals surface area contributed by atoms with Crippen LogP contribution in [0.25, 0.3) is 0 Å². The van der Waals surface area contributed by atoms with E-state index in [0.29, 0.717) is 0 Å². The zero-order valence-electron chi connectivity index (χ0n) is 9.52. The fourth-order valence-corrected chi connectivity index (χ4v) is 2.00. The van der Waals surface area contributed by atoms with E-state index in [1.54, 1.807) is 0 Å². The van der Waals surface area contributed by atoms with Gasteiger partial charge < -0.3 is 0 Å². The Morgan fingerprint density at radius 2 is 1.54 bits per heavy atom. The predicted octanol–water partition coefficient (Wildman–Crippen LogP) is 4.66. The van der Waals surface area contributed by atoms with E-state index in [9.17, 15) is 0 Å². The van der Waals surface area contributed by atoms with Gasteiger partial charge in [-0.25, -0.2) is 0 Å². The molecule has 0 aliphatic heterocycles. The lowest BCUT2D eigenvalue weighted by Crippen LogP contribution is -2.10. The van der Waals surface area contributed by atoms with Crippen molar-refractivity contribution in [3.63, 3.8) is 0 Å². The van der Waals surface area contributed by atoms with Gasteiger partial charge in [0.2, 0.25) is 0 Å². The van der Waals surface area contributed by atoms with Crippen molar-refractivity contribution in [3.05, 3.63) is 13.8 Å². The Morgan fingerprint density at radius 1 is 1.00 bits per heavy atom. The molecule has 0 amide bonds. The summed E-state index contributed by atoms with van der Waals surface area (Å²) in [4.78, 5) is 0. The molecule has 2 unspecified atom stereocenters. The third-order valence-corrected chi connectivity index (χ3v) is 3.06. The number of hydrogen-bond donors (Lipinski definition) is 0. The quantitative estimate of drug-likeness (QED) is 0.512. The second-order valence-corrected chi connectivity index (χ2v) is 4.14. The van der Waals surface area contributed by atoms with Crippen LogP contribution in [0.1, 0.15) is 58.8 Å². The van der Waals surface area contributed by atoms with Crippen molar-refractivity contribution >= 4 is 0 Å². The van der Waals surface area contributed by atoms with Gasteiger partial charge in [-0.1, -0.05) is 72.6 Å². The standard InChI is InChI=1S/C13H26/c1-5-8-10-12(4)13(7-3)11-9-6-2/h12-13H,1-2,5-11H2,3-4H3. The molecular weight excluding hydrogens is 156 g/mol. The lowest BCUT2D eigenvalue weighted by Gasteiger charge is -2.22. The monoisotopic (exact) mass is 182 g/mol. The molecule has 0 N–H and O–H groups in total. The molecule has 0 heterocycles. The maximum absolute atomic E-state index is 3.90. The SMILES string of the molecule is [CH2]CCCC(C)C(CC)CCC[CH2]. The van der Waals surface area contributed by atoms with Crippen molar-refractivity contribution in [1.29, 1.82) is 0 Å². The summed E-state index contributed by atoms with van der Waals surface area (Å²) in [5, 5.41) is 0. The molecule has 0 aliphatic carbocycles. The topological polar surface area (TPSA) is 0 Å². The first-order valence-electron chi connectivity index (χ1n) is 5.84. The van der Waals surface area contributed by atoms with E-state index >= 15 is 0 Å². The van der Waals surface area contributed by atoms with E-state index in [2.05, 4.69) is 27.7 Å². The molecular formula is C13H26. The van der Waals surface area contributed by atoms with Crippen LogP contribution >= 0.6 is 0 Å². The second-order valence-electron chi connectivity index (χ2n) is 4.14. The van der Waals surface area contributed by atoms with Crippen LogP contribution in [0.15, 0.2) is 0 Å². The van der Waals surface area contributed by atoms with E-state index in [-0.39, 0.29) is 0 Å². The Balaban J connectivity index is 3.63. The molecule has 0 aromatic rings. The molecule has 0 heteroatoms. The minimum Gasteiger partial charge on any atom is -0.0651 e. The summed E-state index contributed by atoms with van der Waals surface area (Å²) < 4.78 is 0. The van der Waals surface area contributed by atoms with Gasteiger partial charge in [0.25, 0.3) is 0 Å². The van der Waals surface area contributed by atoms with E-state index < -0.39 is 0 Å². The zero-order chi connectivity index (χ0) is 10.1. The lowest BCUT2D eigenvalue weighted by molar-refractivity contribution is 0.298. The first kappa shape index (κ1) is 13.0. The molecule has 13 heavy (non-hydrogen) atoms. The van der Waals surface area contributed by atoms with Crippen LogP contribution in [0.4, 0.5) is 0 Å². The predicted molar refractivity (Wildman–Crippen MR) is 61.4 cm³/mol. The largest absolute Gasteiger partial charge is 0.0651 e. The molecule has 78 valence electrons. The Hall–Kier alpha value is 0. The molecule has 0 nitrogen and oxygen atoms in total. The third-order valence-electron chi connectivity index (χ3n) is 3.06. The molecule has 0 aromatic carbocycles. The average Bonchev–Trinajstić information content (AvgIpc) is 2.16. The summed E-state index contributed by atoms with van der Waals surface area (Å²) in [5.41, 5.74) is 0. The van der Waals surface area contributed by atoms with Crippen molar-refractivity contribution in [2.45, 2.75) is 58.8 Å². The highest BCUT2D eigenvalue weighted by atomic mass is 14.2. The van der Waals surface area contributed by atoms with E-state index in [1.165, 1.54) is 32.1 Å². The fourth-order valence-electron chi connectivity index (χ4n) is 2.00. The first-order chi connectivity index (χ1) is 6.26. The molecule has 0 spiro atoms. The van der Waals surface area contributed by atoms with Gasteiger partial charge >= 0.3 is 0 Å². The summed E-state index contributed by atoms with van der Waals surface area (Å²) in [6.45, 7) is 12.5. The summed E-state index contributed by atoms with van der Waals surface area (Å²) in [6.07, 6.45) is 8.85. The van der Waals surface area contributed by atoms with Crippen LogP contribution < -0.4 is 0 Å². The van der Waals surface area contributed by atoms with Crippen molar-refractivity contribution in [3.8, 4) is 0 Å². The molecule has 0 bridgehead atoms. The van der Waals surface area contributed by atoms with Crippen molar-refractivity contribution in [2.75, 3.05) is 0 Å². The van der Waals surface area contributed by atoms with Crippen LogP contribution in [-0.4, -0.2) is 0 Å². The van der Waals surface area contributed by atoms with E-state index in [0.717, 1.165) is 24.7 Å². The smallest absolute Gasteiger partial charge is 0.0391 e. The normalized spacial score (nSPS) is 15.7. The molecule has 0 fully saturated rings. The highest BCUT2D eigenvalue weighted by Crippen LogP contribution is 2.25. The number of rotatable bonds is 8. The summed E-state index contributed by atoms with van der Waals surface area (Å²) >= 11 is 0. The molecule has 2 radical (unpaired) electrons. The molecule has 0 aromatic heterocycles. The lowest BCUT2D eigenvalue weighted by atomic mass is 9.84. The first-order valence-corrected chi connectivity index (χ1v) is 5.84. The highest BCUT2D eigenvalue weighted by Gasteiger charge is 2.13. The van der Waals surface area contributed by atoms with Gasteiger partial charge in [0.1, 0.15) is 0 Å². The van der Waals surface area contributed by atoms with Gasteiger partial charge in [-0.2, -0.15) is 0 Å². The van der Waals surface area contributed by atoms with Crippen LogP contribution in [0.5, 0.6) is 0 Å². The minimum absolute atomic E-state index is 0.887. The molecule has 0 saturated carbocycles. The molecule has 0 saturated heterocycles. The van der Waals surface area contributed by atoms with Crippen molar-refractivity contribution in [1.82, 2.24) is 0 Å². The Kier molecular flexibility index (Phi) is 8.59. The Morgan fingerprint density at radius 3 is 2.00 bits per heavy atom. The van der Waals surface area contributed by atoms with Gasteiger partial charge in [-0.3, -0.25) is 0 Å². The fraction of sp³-hybridized carbons (Fsp3) is 0.846. The van der Waals surface area contributed by atoms with Crippen molar-refractivity contribution in [2.24, 2.45) is 11.8 Å². The highest BCUT2D eigenvalue weighted by molar-refractivity contribution is 4.66. The van der Waals surface area contributed by atoms with Gasteiger partial charge in [-0.15, -0.1) is 0 Å². The van der Waals surface area contributed by atoms with E-state index in [1.807, 2.05) is 0 Å². The third kappa shape index (κ3) is 6.12. The van der Waals surface area contributed by atoms with Crippen LogP contribution in [0.3, 0.4) is 0 Å². The number of hydrogen-bond acceptors (Lipinski definition) is 0. The summed E-state index contributed by atoms with van der Waals surface area (Å²) in [6, 6.07) is 0. The summed E-state index contributed by atoms with van der Waals surface area (Å²) in [7, 11) is 0. The zero-order valence-corrected chi connectivity index (χ0v) is 9.52. The summed E-state index contributed by atoms with van der Waals surface area (Å²) in [5.74, 6) is 1.81. The van der Waals surface area contributed by atoms with E-state index in [4.69, 9.17) is 0 Å². The van der Waals surface area contributed by atoms with Crippen LogP contribution in [0, 0.1) is 25.7 Å². The van der Waals surface area contributed by atoms with Crippen LogP contribution in [-0.2, 0) is 0 Å². The molecule has 2 atom stereocenters. The number of unbranched alkanes of at least 4 members (excludes halogenated alkanes) is 2. The maximum Gasteiger partial charge on any atom is -0.0391 e. The Labute approximate surface area is 85.1 Å². The molecule has 0 aliphatic rings. The van der Waals surface area contributed by atoms with Gasteiger partial charge in [0.05, 0.1) is 0 Å². The van der Waals surface area contributed by atoms with Crippen LogP contribution in [0.2, 0.25) is 0 Å². The van der Waals surface area contributed by atoms with Gasteiger partial charge in [0, 0.05) is 0 Å². The van der Waals surface area contributed by atoms with Crippen molar-refractivity contribution < 1.29 is 0 Å². The second kappa shape index (κ2) is 8.59. The molecule has 0 rings (SSSR count). The average molecular weight is 182 g/mol. The van der Waals surface area contributed by atoms with Gasteiger partial charge in [-0.05, 0) is 11.8 Å². The Bertz CT molecular complexity index is 96.2. The maximum atomic E-state index is 3.90. The van der Waals surface area contributed by atoms with Gasteiger partial charge in [0.15, 0.2) is 0 Å².